The summed E-state index contributed by atoms with van der Waals surface area (Å²) in [5.74, 6) is 0.925. The van der Waals surface area contributed by atoms with Gasteiger partial charge in [0.25, 0.3) is 0 Å². The maximum Gasteiger partial charge on any atom is 0.122 e. The van der Waals surface area contributed by atoms with Crippen LogP contribution < -0.4 is 4.74 Å². The third-order valence-electron chi connectivity index (χ3n) is 2.70. The molecule has 1 unspecified atom stereocenters. The van der Waals surface area contributed by atoms with E-state index in [1.54, 1.807) is 7.11 Å². The molecule has 0 amide bonds. The summed E-state index contributed by atoms with van der Waals surface area (Å²) in [7, 11) is 1.69. The highest BCUT2D eigenvalue weighted by Crippen LogP contribution is 2.24. The fourth-order valence-electron chi connectivity index (χ4n) is 1.67. The molecule has 0 bridgehead atoms. The number of hydrogen-bond acceptors (Lipinski definition) is 2. The summed E-state index contributed by atoms with van der Waals surface area (Å²) < 4.78 is 6.37. The molecule has 0 heterocycles. The summed E-state index contributed by atoms with van der Waals surface area (Å²) in [6.07, 6.45) is 3.45. The number of ether oxygens (including phenoxy) is 1. The van der Waals surface area contributed by atoms with E-state index < -0.39 is 0 Å². The zero-order valence-electron chi connectivity index (χ0n) is 9.87. The van der Waals surface area contributed by atoms with Crippen molar-refractivity contribution in [2.24, 2.45) is 0 Å². The Kier molecular flexibility index (Phi) is 5.85. The lowest BCUT2D eigenvalue weighted by Crippen LogP contribution is -2.04. The molecule has 90 valence electrons. The third-order valence-corrected chi connectivity index (χ3v) is 3.19. The molecular weight excluding hydrogens is 268 g/mol. The number of hydrogen-bond donors (Lipinski definition) is 1. The molecule has 1 atom stereocenters. The highest BCUT2D eigenvalue weighted by atomic mass is 79.9. The van der Waals surface area contributed by atoms with E-state index in [4.69, 9.17) is 4.74 Å². The molecule has 1 aromatic rings. The predicted molar refractivity (Wildman–Crippen MR) is 69.9 cm³/mol. The summed E-state index contributed by atoms with van der Waals surface area (Å²) in [4.78, 5) is 0. The first-order valence-corrected chi connectivity index (χ1v) is 6.47. The molecule has 0 spiro atoms. The normalized spacial score (nSPS) is 12.5. The molecular formula is C13H19BrO2. The van der Waals surface area contributed by atoms with Crippen molar-refractivity contribution in [2.75, 3.05) is 7.11 Å². The van der Waals surface area contributed by atoms with Gasteiger partial charge in [0.2, 0.25) is 0 Å². The maximum atomic E-state index is 9.48. The van der Waals surface area contributed by atoms with Crippen molar-refractivity contribution < 1.29 is 9.84 Å². The van der Waals surface area contributed by atoms with Crippen molar-refractivity contribution in [3.8, 4) is 5.75 Å². The van der Waals surface area contributed by atoms with E-state index in [-0.39, 0.29) is 6.10 Å². The van der Waals surface area contributed by atoms with E-state index in [1.165, 1.54) is 5.56 Å². The summed E-state index contributed by atoms with van der Waals surface area (Å²) in [5.41, 5.74) is 1.19. The Morgan fingerprint density at radius 3 is 2.81 bits per heavy atom. The molecule has 0 aliphatic carbocycles. The van der Waals surface area contributed by atoms with Gasteiger partial charge >= 0.3 is 0 Å². The first kappa shape index (κ1) is 13.5. The Bertz CT molecular complexity index is 326. The first-order valence-electron chi connectivity index (χ1n) is 5.67. The Labute approximate surface area is 106 Å². The monoisotopic (exact) mass is 286 g/mol. The lowest BCUT2D eigenvalue weighted by Gasteiger charge is -2.10. The molecule has 1 rings (SSSR count). The summed E-state index contributed by atoms with van der Waals surface area (Å²) >= 11 is 3.46. The smallest absolute Gasteiger partial charge is 0.122 e. The number of aliphatic hydroxyl groups is 1. The van der Waals surface area contributed by atoms with Gasteiger partial charge in [0.1, 0.15) is 5.75 Å². The molecule has 2 nitrogen and oxygen atoms in total. The van der Waals surface area contributed by atoms with E-state index in [9.17, 15) is 5.11 Å². The second kappa shape index (κ2) is 6.92. The van der Waals surface area contributed by atoms with Crippen LogP contribution in [0.4, 0.5) is 0 Å². The number of aliphatic hydroxyl groups excluding tert-OH is 1. The van der Waals surface area contributed by atoms with Gasteiger partial charge in [-0.3, -0.25) is 0 Å². The molecule has 0 saturated carbocycles. The Balaban J connectivity index is 2.55. The summed E-state index contributed by atoms with van der Waals surface area (Å²) in [6.45, 7) is 2.00. The number of halogens is 1. The van der Waals surface area contributed by atoms with E-state index >= 15 is 0 Å². The predicted octanol–water partition coefficient (Wildman–Crippen LogP) is 3.55. The molecule has 0 saturated heterocycles. The number of methoxy groups -OCH3 is 1. The highest BCUT2D eigenvalue weighted by molar-refractivity contribution is 9.10. The van der Waals surface area contributed by atoms with E-state index in [0.717, 1.165) is 35.9 Å². The molecule has 3 heteroatoms. The van der Waals surface area contributed by atoms with Gasteiger partial charge in [-0.25, -0.2) is 0 Å². The quantitative estimate of drug-likeness (QED) is 0.867. The standard InChI is InChI=1S/C13H19BrO2/c1-3-12(15)6-4-5-10-9-11(14)7-8-13(10)16-2/h7-9,12,15H,3-6H2,1-2H3. The van der Waals surface area contributed by atoms with Gasteiger partial charge in [0, 0.05) is 4.47 Å². The van der Waals surface area contributed by atoms with Crippen LogP contribution in [0.2, 0.25) is 0 Å². The number of benzene rings is 1. The van der Waals surface area contributed by atoms with Crippen molar-refractivity contribution in [3.63, 3.8) is 0 Å². The summed E-state index contributed by atoms with van der Waals surface area (Å²) in [6, 6.07) is 6.02. The zero-order valence-corrected chi connectivity index (χ0v) is 11.5. The first-order chi connectivity index (χ1) is 7.67. The molecule has 0 aliphatic rings. The molecule has 0 radical (unpaired) electrons. The Hall–Kier alpha value is -0.540. The van der Waals surface area contributed by atoms with Gasteiger partial charge in [-0.15, -0.1) is 0 Å². The van der Waals surface area contributed by atoms with Crippen molar-refractivity contribution in [1.29, 1.82) is 0 Å². The van der Waals surface area contributed by atoms with Crippen LogP contribution in [0, 0.1) is 0 Å². The number of aryl methyl sites for hydroxylation is 1. The van der Waals surface area contributed by atoms with Crippen molar-refractivity contribution >= 4 is 15.9 Å². The van der Waals surface area contributed by atoms with E-state index in [0.29, 0.717) is 0 Å². The van der Waals surface area contributed by atoms with Crippen LogP contribution in [0.5, 0.6) is 5.75 Å². The second-order valence-electron chi connectivity index (χ2n) is 3.91. The van der Waals surface area contributed by atoms with Crippen LogP contribution in [0.25, 0.3) is 0 Å². The largest absolute Gasteiger partial charge is 0.496 e. The SMILES string of the molecule is CCC(O)CCCc1cc(Br)ccc1OC. The van der Waals surface area contributed by atoms with Crippen LogP contribution >= 0.6 is 15.9 Å². The molecule has 0 aromatic heterocycles. The van der Waals surface area contributed by atoms with Gasteiger partial charge in [-0.05, 0) is 49.4 Å². The molecule has 1 N–H and O–H groups in total. The van der Waals surface area contributed by atoms with Gasteiger partial charge < -0.3 is 9.84 Å². The lowest BCUT2D eigenvalue weighted by molar-refractivity contribution is 0.157. The van der Waals surface area contributed by atoms with Gasteiger partial charge in [0.05, 0.1) is 13.2 Å². The van der Waals surface area contributed by atoms with Crippen LogP contribution in [0.1, 0.15) is 31.7 Å². The third kappa shape index (κ3) is 4.14. The molecule has 1 aromatic carbocycles. The van der Waals surface area contributed by atoms with E-state index in [2.05, 4.69) is 22.0 Å². The van der Waals surface area contributed by atoms with Gasteiger partial charge in [0.15, 0.2) is 0 Å². The number of rotatable bonds is 6. The zero-order chi connectivity index (χ0) is 12.0. The minimum Gasteiger partial charge on any atom is -0.496 e. The fourth-order valence-corrected chi connectivity index (χ4v) is 2.08. The fraction of sp³-hybridized carbons (Fsp3) is 0.538. The Morgan fingerprint density at radius 2 is 2.19 bits per heavy atom. The van der Waals surface area contributed by atoms with Crippen LogP contribution in [-0.4, -0.2) is 18.3 Å². The molecule has 16 heavy (non-hydrogen) atoms. The molecule has 0 aliphatic heterocycles. The van der Waals surface area contributed by atoms with Crippen molar-refractivity contribution in [3.05, 3.63) is 28.2 Å². The van der Waals surface area contributed by atoms with Gasteiger partial charge in [-0.2, -0.15) is 0 Å². The van der Waals surface area contributed by atoms with Crippen molar-refractivity contribution in [1.82, 2.24) is 0 Å². The second-order valence-corrected chi connectivity index (χ2v) is 4.83. The Morgan fingerprint density at radius 1 is 1.44 bits per heavy atom. The van der Waals surface area contributed by atoms with E-state index in [1.807, 2.05) is 19.1 Å². The maximum absolute atomic E-state index is 9.48. The van der Waals surface area contributed by atoms with Crippen LogP contribution in [0.15, 0.2) is 22.7 Å². The lowest BCUT2D eigenvalue weighted by atomic mass is 10.0. The highest BCUT2D eigenvalue weighted by Gasteiger charge is 2.05. The van der Waals surface area contributed by atoms with Crippen LogP contribution in [0.3, 0.4) is 0 Å². The average Bonchev–Trinajstić information content (AvgIpc) is 2.29. The minimum absolute atomic E-state index is 0.168. The topological polar surface area (TPSA) is 29.5 Å². The van der Waals surface area contributed by atoms with Crippen LogP contribution in [-0.2, 0) is 6.42 Å². The van der Waals surface area contributed by atoms with Gasteiger partial charge in [-0.1, -0.05) is 22.9 Å². The summed E-state index contributed by atoms with van der Waals surface area (Å²) in [5, 5.41) is 9.48. The van der Waals surface area contributed by atoms with Crippen molar-refractivity contribution in [2.45, 2.75) is 38.7 Å². The average molecular weight is 287 g/mol. The molecule has 0 fully saturated rings. The minimum atomic E-state index is -0.168.